The third-order valence-electron chi connectivity index (χ3n) is 2.22. The molecule has 78 valence electrons. The molecule has 0 radical (unpaired) electrons. The summed E-state index contributed by atoms with van der Waals surface area (Å²) in [5, 5.41) is 1.21. The highest BCUT2D eigenvalue weighted by molar-refractivity contribution is 6.30. The van der Waals surface area contributed by atoms with Crippen molar-refractivity contribution in [2.24, 2.45) is 0 Å². The van der Waals surface area contributed by atoms with E-state index >= 15 is 0 Å². The van der Waals surface area contributed by atoms with E-state index in [1.807, 2.05) is 13.0 Å². The van der Waals surface area contributed by atoms with Gasteiger partial charge in [0.2, 0.25) is 0 Å². The van der Waals surface area contributed by atoms with E-state index in [1.54, 1.807) is 6.07 Å². The normalized spacial score (nSPS) is 10.7. The summed E-state index contributed by atoms with van der Waals surface area (Å²) in [5.41, 5.74) is 1.39. The summed E-state index contributed by atoms with van der Waals surface area (Å²) in [7, 11) is 1.43. The molecule has 0 spiro atoms. The van der Waals surface area contributed by atoms with Gasteiger partial charge >= 0.3 is 0 Å². The van der Waals surface area contributed by atoms with Gasteiger partial charge in [-0.05, 0) is 24.6 Å². The zero-order valence-electron chi connectivity index (χ0n) is 8.34. The Hall–Kier alpha value is -1.35. The van der Waals surface area contributed by atoms with E-state index in [-0.39, 0.29) is 5.75 Å². The first-order valence-electron chi connectivity index (χ1n) is 4.42. The minimum absolute atomic E-state index is 0.214. The molecule has 0 aliphatic heterocycles. The zero-order chi connectivity index (χ0) is 11.0. The number of fused-ring (bicyclic) bond motifs is 1. The summed E-state index contributed by atoms with van der Waals surface area (Å²) in [5.74, 6) is -0.219. The van der Waals surface area contributed by atoms with Gasteiger partial charge in [0.05, 0.1) is 12.6 Å². The molecule has 0 unspecified atom stereocenters. The molecule has 0 saturated carbocycles. The molecule has 0 N–H and O–H groups in total. The standard InChI is InChI=1S/C11H9ClFNO/c1-6-3-7-4-10(15-2)8(13)5-9(7)14-11(6)12/h3-5H,1-2H3. The van der Waals surface area contributed by atoms with Crippen LogP contribution in [-0.4, -0.2) is 12.1 Å². The highest BCUT2D eigenvalue weighted by Crippen LogP contribution is 2.26. The Morgan fingerprint density at radius 3 is 2.73 bits per heavy atom. The molecule has 0 saturated heterocycles. The number of aryl methyl sites for hydroxylation is 1. The van der Waals surface area contributed by atoms with Crippen LogP contribution in [0, 0.1) is 12.7 Å². The van der Waals surface area contributed by atoms with Gasteiger partial charge in [-0.2, -0.15) is 0 Å². The minimum Gasteiger partial charge on any atom is -0.494 e. The Balaban J connectivity index is 2.76. The Labute approximate surface area is 91.6 Å². The number of pyridine rings is 1. The van der Waals surface area contributed by atoms with E-state index in [4.69, 9.17) is 16.3 Å². The summed E-state index contributed by atoms with van der Waals surface area (Å²) in [4.78, 5) is 4.08. The van der Waals surface area contributed by atoms with Crippen LogP contribution in [0.5, 0.6) is 5.75 Å². The zero-order valence-corrected chi connectivity index (χ0v) is 9.10. The molecule has 0 amide bonds. The van der Waals surface area contributed by atoms with Crippen LogP contribution in [0.1, 0.15) is 5.56 Å². The lowest BCUT2D eigenvalue weighted by molar-refractivity contribution is 0.387. The molecule has 1 aromatic carbocycles. The predicted molar refractivity (Wildman–Crippen MR) is 58.0 cm³/mol. The second-order valence-corrected chi connectivity index (χ2v) is 3.63. The van der Waals surface area contributed by atoms with Crippen LogP contribution < -0.4 is 4.74 Å². The first-order valence-corrected chi connectivity index (χ1v) is 4.80. The fourth-order valence-electron chi connectivity index (χ4n) is 1.41. The van der Waals surface area contributed by atoms with Crippen LogP contribution >= 0.6 is 11.6 Å². The summed E-state index contributed by atoms with van der Waals surface area (Å²) in [6.07, 6.45) is 0. The van der Waals surface area contributed by atoms with E-state index < -0.39 is 5.82 Å². The van der Waals surface area contributed by atoms with Crippen LogP contribution in [0.3, 0.4) is 0 Å². The van der Waals surface area contributed by atoms with Gasteiger partial charge in [0.1, 0.15) is 5.15 Å². The van der Waals surface area contributed by atoms with Crippen LogP contribution in [-0.2, 0) is 0 Å². The number of aromatic nitrogens is 1. The molecule has 1 aromatic heterocycles. The second kappa shape index (κ2) is 3.66. The number of benzene rings is 1. The first-order chi connectivity index (χ1) is 7.11. The molecule has 2 aromatic rings. The molecular formula is C11H9ClFNO. The summed E-state index contributed by atoms with van der Waals surface area (Å²) in [6.45, 7) is 1.85. The fraction of sp³-hybridized carbons (Fsp3) is 0.182. The third kappa shape index (κ3) is 1.75. The van der Waals surface area contributed by atoms with Crippen LogP contribution in [0.15, 0.2) is 18.2 Å². The number of halogens is 2. The van der Waals surface area contributed by atoms with Crippen LogP contribution in [0.4, 0.5) is 4.39 Å². The Bertz CT molecular complexity index is 527. The van der Waals surface area contributed by atoms with Crippen molar-refractivity contribution in [3.8, 4) is 5.75 Å². The number of rotatable bonds is 1. The predicted octanol–water partition coefficient (Wildman–Crippen LogP) is 3.34. The topological polar surface area (TPSA) is 22.1 Å². The quantitative estimate of drug-likeness (QED) is 0.695. The molecule has 0 aliphatic rings. The minimum atomic E-state index is -0.433. The molecule has 4 heteroatoms. The van der Waals surface area contributed by atoms with Gasteiger partial charge in [-0.25, -0.2) is 9.37 Å². The smallest absolute Gasteiger partial charge is 0.167 e. The van der Waals surface area contributed by atoms with Gasteiger partial charge in [0.25, 0.3) is 0 Å². The van der Waals surface area contributed by atoms with E-state index in [9.17, 15) is 4.39 Å². The van der Waals surface area contributed by atoms with Crippen molar-refractivity contribution >= 4 is 22.5 Å². The Morgan fingerprint density at radius 1 is 1.33 bits per heavy atom. The molecule has 0 atom stereocenters. The van der Waals surface area contributed by atoms with E-state index in [0.717, 1.165) is 10.9 Å². The van der Waals surface area contributed by atoms with E-state index in [0.29, 0.717) is 10.7 Å². The average Bonchev–Trinajstić information content (AvgIpc) is 2.20. The maximum Gasteiger partial charge on any atom is 0.167 e. The SMILES string of the molecule is COc1cc2cc(C)c(Cl)nc2cc1F. The van der Waals surface area contributed by atoms with Gasteiger partial charge in [-0.1, -0.05) is 11.6 Å². The number of methoxy groups -OCH3 is 1. The van der Waals surface area contributed by atoms with E-state index in [2.05, 4.69) is 4.98 Å². The largest absolute Gasteiger partial charge is 0.494 e. The lowest BCUT2D eigenvalue weighted by atomic mass is 10.1. The summed E-state index contributed by atoms with van der Waals surface area (Å²) < 4.78 is 18.2. The van der Waals surface area contributed by atoms with Crippen LogP contribution in [0.25, 0.3) is 10.9 Å². The Kier molecular flexibility index (Phi) is 2.49. The van der Waals surface area contributed by atoms with Crippen molar-refractivity contribution in [2.75, 3.05) is 7.11 Å². The number of hydrogen-bond donors (Lipinski definition) is 0. The lowest BCUT2D eigenvalue weighted by Gasteiger charge is -2.05. The fourth-order valence-corrected chi connectivity index (χ4v) is 1.56. The highest BCUT2D eigenvalue weighted by Gasteiger charge is 2.07. The monoisotopic (exact) mass is 225 g/mol. The molecule has 2 rings (SSSR count). The molecule has 0 bridgehead atoms. The van der Waals surface area contributed by atoms with Gasteiger partial charge in [-0.15, -0.1) is 0 Å². The maximum atomic E-state index is 13.3. The third-order valence-corrected chi connectivity index (χ3v) is 2.60. The average molecular weight is 226 g/mol. The number of hydrogen-bond acceptors (Lipinski definition) is 2. The summed E-state index contributed by atoms with van der Waals surface area (Å²) >= 11 is 5.85. The van der Waals surface area contributed by atoms with Crippen LogP contribution in [0.2, 0.25) is 5.15 Å². The van der Waals surface area contributed by atoms with Gasteiger partial charge in [0.15, 0.2) is 11.6 Å². The van der Waals surface area contributed by atoms with Crippen molar-refractivity contribution in [1.29, 1.82) is 0 Å². The molecule has 0 fully saturated rings. The number of nitrogens with zero attached hydrogens (tertiary/aromatic N) is 1. The van der Waals surface area contributed by atoms with Gasteiger partial charge in [0, 0.05) is 11.5 Å². The van der Waals surface area contributed by atoms with Crippen molar-refractivity contribution in [3.05, 3.63) is 34.7 Å². The molecule has 0 aliphatic carbocycles. The lowest BCUT2D eigenvalue weighted by Crippen LogP contribution is -1.91. The van der Waals surface area contributed by atoms with Crippen molar-refractivity contribution in [1.82, 2.24) is 4.98 Å². The molecular weight excluding hydrogens is 217 g/mol. The van der Waals surface area contributed by atoms with Gasteiger partial charge in [-0.3, -0.25) is 0 Å². The van der Waals surface area contributed by atoms with Crippen molar-refractivity contribution in [3.63, 3.8) is 0 Å². The second-order valence-electron chi connectivity index (χ2n) is 3.28. The number of ether oxygens (including phenoxy) is 1. The maximum absolute atomic E-state index is 13.3. The molecule has 1 heterocycles. The highest BCUT2D eigenvalue weighted by atomic mass is 35.5. The summed E-state index contributed by atoms with van der Waals surface area (Å²) in [6, 6.07) is 4.78. The van der Waals surface area contributed by atoms with Gasteiger partial charge < -0.3 is 4.74 Å². The van der Waals surface area contributed by atoms with Crippen molar-refractivity contribution < 1.29 is 9.13 Å². The molecule has 15 heavy (non-hydrogen) atoms. The van der Waals surface area contributed by atoms with Crippen molar-refractivity contribution in [2.45, 2.75) is 6.92 Å². The first kappa shape index (κ1) is 10.2. The Morgan fingerprint density at radius 2 is 2.07 bits per heavy atom. The molecule has 2 nitrogen and oxygen atoms in total. The van der Waals surface area contributed by atoms with E-state index in [1.165, 1.54) is 13.2 Å².